The summed E-state index contributed by atoms with van der Waals surface area (Å²) in [5.41, 5.74) is 7.57. The van der Waals surface area contributed by atoms with Crippen LogP contribution in [0.25, 0.3) is 11.1 Å². The van der Waals surface area contributed by atoms with Crippen molar-refractivity contribution in [3.8, 4) is 11.1 Å². The van der Waals surface area contributed by atoms with Gasteiger partial charge in [-0.2, -0.15) is 13.2 Å². The Kier molecular flexibility index (Phi) is 12.8. The summed E-state index contributed by atoms with van der Waals surface area (Å²) in [5, 5.41) is 12.4. The summed E-state index contributed by atoms with van der Waals surface area (Å²) in [6.07, 6.45) is -5.00. The molecule has 5 aromatic carbocycles. The van der Waals surface area contributed by atoms with E-state index in [9.17, 15) is 27.9 Å². The molecular weight excluding hydrogens is 732 g/mol. The molecule has 0 aromatic heterocycles. The van der Waals surface area contributed by atoms with E-state index in [1.165, 1.54) is 11.1 Å². The average Bonchev–Trinajstić information content (AvgIpc) is 3.73. The Morgan fingerprint density at radius 2 is 1.37 bits per heavy atom. The zero-order valence-corrected chi connectivity index (χ0v) is 31.5. The van der Waals surface area contributed by atoms with Crippen LogP contribution in [0.3, 0.4) is 0 Å². The Morgan fingerprint density at radius 3 is 2.00 bits per heavy atom. The summed E-state index contributed by atoms with van der Waals surface area (Å²) in [5.74, 6) is -2.59. The van der Waals surface area contributed by atoms with Gasteiger partial charge in [-0.3, -0.25) is 14.5 Å². The summed E-state index contributed by atoms with van der Waals surface area (Å²) in [4.78, 5) is 28.0. The Morgan fingerprint density at radius 1 is 0.754 bits per heavy atom. The predicted octanol–water partition coefficient (Wildman–Crippen LogP) is 8.26. The van der Waals surface area contributed by atoms with Crippen molar-refractivity contribution < 1.29 is 37.3 Å². The molecule has 0 aliphatic carbocycles. The lowest BCUT2D eigenvalue weighted by atomic mass is 9.97. The molecule has 4 atom stereocenters. The Labute approximate surface area is 330 Å². The molecule has 2 saturated heterocycles. The van der Waals surface area contributed by atoms with Crippen LogP contribution >= 0.6 is 0 Å². The van der Waals surface area contributed by atoms with Crippen molar-refractivity contribution in [1.82, 2.24) is 15.1 Å². The van der Waals surface area contributed by atoms with Gasteiger partial charge in [-0.15, -0.1) is 0 Å². The van der Waals surface area contributed by atoms with Gasteiger partial charge in [-0.05, 0) is 51.8 Å². The first-order chi connectivity index (χ1) is 27.6. The molecule has 0 radical (unpaired) electrons. The fraction of sp³-hybridized carbons (Fsp3) is 0.304. The number of halogens is 3. The van der Waals surface area contributed by atoms with Gasteiger partial charge in [0.2, 0.25) is 5.91 Å². The van der Waals surface area contributed by atoms with E-state index < -0.39 is 30.3 Å². The molecule has 0 saturated carbocycles. The minimum absolute atomic E-state index is 0.0436. The molecule has 2 N–H and O–H groups in total. The summed E-state index contributed by atoms with van der Waals surface area (Å²) < 4.78 is 52.9. The van der Waals surface area contributed by atoms with Gasteiger partial charge >= 0.3 is 12.1 Å². The number of carbonyl (C=O) groups is 2. The van der Waals surface area contributed by atoms with Gasteiger partial charge in [0.15, 0.2) is 6.29 Å². The Balaban J connectivity index is 1.09. The lowest BCUT2D eigenvalue weighted by Gasteiger charge is -2.38. The zero-order valence-electron chi connectivity index (χ0n) is 31.5. The van der Waals surface area contributed by atoms with E-state index in [0.717, 1.165) is 46.5 Å². The maximum Gasteiger partial charge on any atom is 0.471 e. The average molecular weight is 778 g/mol. The number of likely N-dealkylation sites (tertiary alicyclic amines) is 1. The van der Waals surface area contributed by atoms with Crippen LogP contribution in [-0.4, -0.2) is 58.1 Å². The van der Waals surface area contributed by atoms with Crippen LogP contribution in [0.2, 0.25) is 0 Å². The van der Waals surface area contributed by atoms with Crippen molar-refractivity contribution in [3.63, 3.8) is 0 Å². The molecule has 296 valence electrons. The monoisotopic (exact) mass is 777 g/mol. The molecule has 7 rings (SSSR count). The number of benzene rings is 5. The summed E-state index contributed by atoms with van der Waals surface area (Å²) >= 11 is 0. The van der Waals surface area contributed by atoms with Crippen LogP contribution in [0.4, 0.5) is 13.2 Å². The number of hydrogen-bond donors (Lipinski definition) is 2. The lowest BCUT2D eigenvalue weighted by molar-refractivity contribution is -0.253. The van der Waals surface area contributed by atoms with Crippen molar-refractivity contribution in [3.05, 3.63) is 167 Å². The van der Waals surface area contributed by atoms with Crippen LogP contribution in [-0.2, 0) is 45.3 Å². The molecule has 57 heavy (non-hydrogen) atoms. The van der Waals surface area contributed by atoms with E-state index in [1.54, 1.807) is 0 Å². The van der Waals surface area contributed by atoms with E-state index in [0.29, 0.717) is 24.3 Å². The molecule has 2 fully saturated rings. The highest BCUT2D eigenvalue weighted by molar-refractivity contribution is 5.90. The third kappa shape index (κ3) is 10.2. The first-order valence-corrected chi connectivity index (χ1v) is 19.3. The van der Waals surface area contributed by atoms with Gasteiger partial charge < -0.3 is 24.8 Å². The van der Waals surface area contributed by atoms with Gasteiger partial charge in [-0.25, -0.2) is 0 Å². The molecule has 11 heteroatoms. The predicted molar refractivity (Wildman–Crippen MR) is 210 cm³/mol. The van der Waals surface area contributed by atoms with Crippen LogP contribution < -0.4 is 5.32 Å². The molecule has 0 spiro atoms. The minimum Gasteiger partial charge on any atom is -0.392 e. The number of ether oxygens (including phenoxy) is 2. The first-order valence-electron chi connectivity index (χ1n) is 19.3. The van der Waals surface area contributed by atoms with Crippen molar-refractivity contribution in [2.45, 2.75) is 76.2 Å². The molecule has 5 aromatic rings. The molecule has 2 aliphatic heterocycles. The fourth-order valence-corrected chi connectivity index (χ4v) is 7.71. The quantitative estimate of drug-likeness (QED) is 0.125. The topological polar surface area (TPSA) is 91.3 Å². The Bertz CT molecular complexity index is 2040. The fourth-order valence-electron chi connectivity index (χ4n) is 7.71. The van der Waals surface area contributed by atoms with Gasteiger partial charge in [0.05, 0.1) is 18.8 Å². The highest BCUT2D eigenvalue weighted by Crippen LogP contribution is 2.39. The van der Waals surface area contributed by atoms with Crippen molar-refractivity contribution in [2.75, 3.05) is 13.1 Å². The van der Waals surface area contributed by atoms with Gasteiger partial charge in [0, 0.05) is 44.7 Å². The van der Waals surface area contributed by atoms with Gasteiger partial charge in [-0.1, -0.05) is 133 Å². The van der Waals surface area contributed by atoms with E-state index in [2.05, 4.69) is 58.7 Å². The largest absolute Gasteiger partial charge is 0.471 e. The third-order valence-corrected chi connectivity index (χ3v) is 10.6. The highest BCUT2D eigenvalue weighted by atomic mass is 19.4. The molecule has 0 unspecified atom stereocenters. The van der Waals surface area contributed by atoms with Crippen LogP contribution in [0.5, 0.6) is 0 Å². The second-order valence-electron chi connectivity index (χ2n) is 14.6. The minimum atomic E-state index is -5.03. The number of rotatable bonds is 13. The smallest absolute Gasteiger partial charge is 0.392 e. The van der Waals surface area contributed by atoms with Crippen molar-refractivity contribution in [1.29, 1.82) is 0 Å². The van der Waals surface area contributed by atoms with E-state index in [4.69, 9.17) is 9.47 Å². The molecular formula is C46H46F3N3O5. The first kappa shape index (κ1) is 39.9. The molecule has 2 aliphatic rings. The second-order valence-corrected chi connectivity index (χ2v) is 14.6. The van der Waals surface area contributed by atoms with Gasteiger partial charge in [0.1, 0.15) is 6.04 Å². The number of carbonyl (C=O) groups excluding carboxylic acids is 2. The van der Waals surface area contributed by atoms with Crippen LogP contribution in [0.1, 0.15) is 65.0 Å². The third-order valence-electron chi connectivity index (χ3n) is 10.6. The van der Waals surface area contributed by atoms with E-state index in [1.807, 2.05) is 84.9 Å². The molecule has 2 amide bonds. The number of alkyl halides is 3. The normalized spacial score (nSPS) is 19.8. The van der Waals surface area contributed by atoms with Crippen molar-refractivity contribution in [2.24, 2.45) is 0 Å². The van der Waals surface area contributed by atoms with E-state index >= 15 is 0 Å². The number of amides is 2. The maximum absolute atomic E-state index is 13.2. The number of aliphatic hydroxyl groups excluding tert-OH is 1. The number of nitrogens with zero attached hydrogens (tertiary/aromatic N) is 2. The summed E-state index contributed by atoms with van der Waals surface area (Å²) in [6.45, 7) is 2.08. The van der Waals surface area contributed by atoms with E-state index in [-0.39, 0.29) is 38.3 Å². The molecule has 8 nitrogen and oxygen atoms in total. The standard InChI is InChI=1S/C46H46F3N3O5/c47-46(48,49)45(55)52-25-9-16-41(52)43(54)50-27-38-14-7-8-15-40(38)35-21-23-37(24-22-35)44-56-39(26-42(57-44)36-19-17-34(31-53)18-20-36)30-51(28-32-10-3-1-4-11-32)29-33-12-5-2-6-13-33/h1-8,10-15,17-24,39,41-42,44,53H,9,16,25-31H2,(H,50,54)/t39-,41-,42+,44+/m0/s1. The van der Waals surface area contributed by atoms with Crippen molar-refractivity contribution >= 4 is 11.8 Å². The summed E-state index contributed by atoms with van der Waals surface area (Å²) in [6, 6.07) is 42.8. The summed E-state index contributed by atoms with van der Waals surface area (Å²) in [7, 11) is 0. The van der Waals surface area contributed by atoms with Crippen LogP contribution in [0, 0.1) is 0 Å². The number of nitrogens with one attached hydrogen (secondary N) is 1. The number of aliphatic hydroxyl groups is 1. The highest BCUT2D eigenvalue weighted by Gasteiger charge is 2.47. The molecule has 2 heterocycles. The van der Waals surface area contributed by atoms with Gasteiger partial charge in [0.25, 0.3) is 0 Å². The number of hydrogen-bond acceptors (Lipinski definition) is 6. The lowest BCUT2D eigenvalue weighted by Crippen LogP contribution is -2.50. The molecule has 0 bridgehead atoms. The zero-order chi connectivity index (χ0) is 39.8. The SMILES string of the molecule is O=C(NCc1ccccc1-c1ccc([C@@H]2O[C@H](CN(Cc3ccccc3)Cc3ccccc3)C[C@H](c3ccc(CO)cc3)O2)cc1)[C@@H]1CCCN1C(=O)C(F)(F)F. The second kappa shape index (κ2) is 18.3. The maximum atomic E-state index is 13.2. The Hall–Kier alpha value is -5.33. The van der Waals surface area contributed by atoms with Crippen LogP contribution in [0.15, 0.2) is 133 Å².